The third-order valence-electron chi connectivity index (χ3n) is 4.01. The Labute approximate surface area is 145 Å². The van der Waals surface area contributed by atoms with E-state index in [1.165, 1.54) is 0 Å². The summed E-state index contributed by atoms with van der Waals surface area (Å²) in [5.74, 6) is 1.37. The predicted molar refractivity (Wildman–Crippen MR) is 97.5 cm³/mol. The lowest BCUT2D eigenvalue weighted by Gasteiger charge is -2.20. The molecule has 2 aromatic carbocycles. The summed E-state index contributed by atoms with van der Waals surface area (Å²) in [4.78, 5) is 4.57. The molecule has 0 bridgehead atoms. The summed E-state index contributed by atoms with van der Waals surface area (Å²) < 4.78 is 0. The lowest BCUT2D eigenvalue weighted by atomic mass is 10.1. The highest BCUT2D eigenvalue weighted by Gasteiger charge is 2.23. The number of benzene rings is 2. The Bertz CT molecular complexity index is 896. The Morgan fingerprint density at radius 1 is 1.04 bits per heavy atom. The number of hydrogen-bond acceptors (Lipinski definition) is 7. The number of para-hydroxylation sites is 1. The second-order valence-electron chi connectivity index (χ2n) is 5.72. The van der Waals surface area contributed by atoms with E-state index in [1.807, 2.05) is 43.3 Å². The fraction of sp³-hybridized carbons (Fsp3) is 0.167. The number of rotatable bonds is 3. The van der Waals surface area contributed by atoms with Gasteiger partial charge in [-0.05, 0) is 30.7 Å². The van der Waals surface area contributed by atoms with Gasteiger partial charge in [-0.2, -0.15) is 4.98 Å². The molecule has 0 saturated carbocycles. The van der Waals surface area contributed by atoms with Crippen LogP contribution in [0.4, 0.5) is 17.5 Å². The van der Waals surface area contributed by atoms with Crippen molar-refractivity contribution in [1.82, 2.24) is 15.2 Å². The molecule has 1 aromatic heterocycles. The molecule has 7 nitrogen and oxygen atoms in total. The zero-order chi connectivity index (χ0) is 17.2. The Morgan fingerprint density at radius 3 is 2.64 bits per heavy atom. The molecule has 1 aliphatic heterocycles. The molecule has 0 saturated heterocycles. The minimum Gasteiger partial charge on any atom is -0.508 e. The van der Waals surface area contributed by atoms with Crippen LogP contribution in [-0.4, -0.2) is 26.8 Å². The van der Waals surface area contributed by atoms with E-state index in [-0.39, 0.29) is 11.9 Å². The Morgan fingerprint density at radius 2 is 1.84 bits per heavy atom. The van der Waals surface area contributed by atoms with Crippen molar-refractivity contribution in [3.05, 3.63) is 54.1 Å². The maximum Gasteiger partial charge on any atom is 0.244 e. The summed E-state index contributed by atoms with van der Waals surface area (Å²) in [6.45, 7) is 2.70. The van der Waals surface area contributed by atoms with Gasteiger partial charge in [-0.25, -0.2) is 0 Å². The zero-order valence-electron chi connectivity index (χ0n) is 13.7. The molecule has 0 fully saturated rings. The van der Waals surface area contributed by atoms with Gasteiger partial charge in [0, 0.05) is 17.8 Å². The van der Waals surface area contributed by atoms with Gasteiger partial charge in [0.1, 0.15) is 17.6 Å². The Kier molecular flexibility index (Phi) is 3.81. The molecule has 0 spiro atoms. The number of aromatic nitrogens is 3. The first-order chi connectivity index (χ1) is 12.2. The molecule has 1 aliphatic rings. The van der Waals surface area contributed by atoms with Gasteiger partial charge < -0.3 is 21.1 Å². The molecule has 126 valence electrons. The molecule has 1 atom stereocenters. The van der Waals surface area contributed by atoms with E-state index in [2.05, 4.69) is 31.1 Å². The highest BCUT2D eigenvalue weighted by Crippen LogP contribution is 2.37. The first-order valence-electron chi connectivity index (χ1n) is 8.14. The maximum absolute atomic E-state index is 9.54. The minimum absolute atomic E-state index is 0.214. The summed E-state index contributed by atoms with van der Waals surface area (Å²) in [5, 5.41) is 28.0. The van der Waals surface area contributed by atoms with Gasteiger partial charge in [0.2, 0.25) is 5.95 Å². The fourth-order valence-corrected chi connectivity index (χ4v) is 2.82. The first kappa shape index (κ1) is 15.2. The van der Waals surface area contributed by atoms with Gasteiger partial charge in [0.15, 0.2) is 5.82 Å². The summed E-state index contributed by atoms with van der Waals surface area (Å²) in [6.07, 6.45) is -0.214. The van der Waals surface area contributed by atoms with Gasteiger partial charge in [-0.15, -0.1) is 10.2 Å². The number of nitrogens with one attached hydrogen (secondary N) is 3. The second-order valence-corrected chi connectivity index (χ2v) is 5.72. The van der Waals surface area contributed by atoms with Crippen molar-refractivity contribution in [1.29, 1.82) is 0 Å². The molecule has 3 aromatic rings. The van der Waals surface area contributed by atoms with Crippen LogP contribution in [0.25, 0.3) is 11.3 Å². The van der Waals surface area contributed by atoms with E-state index < -0.39 is 0 Å². The molecule has 4 rings (SSSR count). The maximum atomic E-state index is 9.54. The molecule has 2 heterocycles. The lowest BCUT2D eigenvalue weighted by Crippen LogP contribution is -2.19. The second kappa shape index (κ2) is 6.27. The molecular weight excluding hydrogens is 316 g/mol. The van der Waals surface area contributed by atoms with Crippen LogP contribution in [0.1, 0.15) is 18.7 Å². The number of phenolic OH excluding ortho intramolecular Hbond substituents is 1. The summed E-state index contributed by atoms with van der Waals surface area (Å²) in [5.41, 5.74) is 3.56. The summed E-state index contributed by atoms with van der Waals surface area (Å²) >= 11 is 0. The molecule has 0 aliphatic carbocycles. The van der Waals surface area contributed by atoms with E-state index >= 15 is 0 Å². The van der Waals surface area contributed by atoms with Crippen LogP contribution < -0.4 is 16.0 Å². The standard InChI is InChI=1S/C18H18N6O/c1-2-19-18-22-17-15(23-24-18)13-5-3-4-6-14(13)20-16(21-17)11-7-9-12(25)10-8-11/h3-10,16,20,25H,2H2,1H3,(H2,19,21,22,24). The minimum atomic E-state index is -0.214. The first-order valence-corrected chi connectivity index (χ1v) is 8.14. The SMILES string of the molecule is CCNc1nnc2c(n1)NC(c1ccc(O)cc1)Nc1ccccc1-2. The number of anilines is 3. The predicted octanol–water partition coefficient (Wildman–Crippen LogP) is 3.21. The van der Waals surface area contributed by atoms with Crippen molar-refractivity contribution in [3.8, 4) is 17.0 Å². The fourth-order valence-electron chi connectivity index (χ4n) is 2.82. The highest BCUT2D eigenvalue weighted by atomic mass is 16.3. The third-order valence-corrected chi connectivity index (χ3v) is 4.01. The Balaban J connectivity index is 1.82. The van der Waals surface area contributed by atoms with Crippen LogP contribution in [0.3, 0.4) is 0 Å². The third kappa shape index (κ3) is 2.91. The van der Waals surface area contributed by atoms with E-state index in [4.69, 9.17) is 0 Å². The lowest BCUT2D eigenvalue weighted by molar-refractivity contribution is 0.475. The van der Waals surface area contributed by atoms with Crippen molar-refractivity contribution in [2.24, 2.45) is 0 Å². The number of fused-ring (bicyclic) bond motifs is 3. The highest BCUT2D eigenvalue weighted by molar-refractivity contribution is 5.84. The number of aromatic hydroxyl groups is 1. The topological polar surface area (TPSA) is 95.0 Å². The molecule has 0 amide bonds. The molecule has 4 N–H and O–H groups in total. The van der Waals surface area contributed by atoms with Crippen molar-refractivity contribution in [2.75, 3.05) is 22.5 Å². The normalized spacial score (nSPS) is 15.2. The number of phenols is 1. The van der Waals surface area contributed by atoms with Crippen molar-refractivity contribution >= 4 is 17.5 Å². The van der Waals surface area contributed by atoms with Crippen LogP contribution in [-0.2, 0) is 0 Å². The van der Waals surface area contributed by atoms with E-state index in [1.54, 1.807) is 12.1 Å². The summed E-state index contributed by atoms with van der Waals surface area (Å²) in [6, 6.07) is 15.0. The molecular formula is C18H18N6O. The Hall–Kier alpha value is -3.35. The van der Waals surface area contributed by atoms with Crippen LogP contribution >= 0.6 is 0 Å². The quantitative estimate of drug-likeness (QED) is 0.584. The average Bonchev–Trinajstić information content (AvgIpc) is 2.79. The van der Waals surface area contributed by atoms with Crippen molar-refractivity contribution < 1.29 is 5.11 Å². The molecule has 7 heteroatoms. The van der Waals surface area contributed by atoms with Crippen molar-refractivity contribution in [2.45, 2.75) is 13.1 Å². The molecule has 25 heavy (non-hydrogen) atoms. The smallest absolute Gasteiger partial charge is 0.244 e. The number of hydrogen-bond donors (Lipinski definition) is 4. The van der Waals surface area contributed by atoms with Crippen LogP contribution in [0.2, 0.25) is 0 Å². The van der Waals surface area contributed by atoms with Gasteiger partial charge in [-0.3, -0.25) is 0 Å². The van der Waals surface area contributed by atoms with Crippen LogP contribution in [0.15, 0.2) is 48.5 Å². The van der Waals surface area contributed by atoms with Gasteiger partial charge >= 0.3 is 0 Å². The van der Waals surface area contributed by atoms with Gasteiger partial charge in [0.05, 0.1) is 0 Å². The average molecular weight is 334 g/mol. The van der Waals surface area contributed by atoms with E-state index in [9.17, 15) is 5.11 Å². The number of nitrogens with zero attached hydrogens (tertiary/aromatic N) is 3. The van der Waals surface area contributed by atoms with Gasteiger partial charge in [-0.1, -0.05) is 30.3 Å². The van der Waals surface area contributed by atoms with Gasteiger partial charge in [0.25, 0.3) is 0 Å². The van der Waals surface area contributed by atoms with Crippen LogP contribution in [0, 0.1) is 0 Å². The summed E-state index contributed by atoms with van der Waals surface area (Å²) in [7, 11) is 0. The van der Waals surface area contributed by atoms with E-state index in [0.717, 1.165) is 23.4 Å². The largest absolute Gasteiger partial charge is 0.508 e. The van der Waals surface area contributed by atoms with Crippen LogP contribution in [0.5, 0.6) is 5.75 Å². The zero-order valence-corrected chi connectivity index (χ0v) is 13.7. The molecule has 0 radical (unpaired) electrons. The van der Waals surface area contributed by atoms with E-state index in [0.29, 0.717) is 17.5 Å². The van der Waals surface area contributed by atoms with Crippen molar-refractivity contribution in [3.63, 3.8) is 0 Å². The monoisotopic (exact) mass is 334 g/mol. The molecule has 1 unspecified atom stereocenters.